The first kappa shape index (κ1) is 30.8. The highest BCUT2D eigenvalue weighted by atomic mass is 19.1. The number of aromatic nitrogens is 2. The molecule has 2 aromatic heterocycles. The zero-order valence-corrected chi connectivity index (χ0v) is 25.4. The maximum Gasteiger partial charge on any atom is 0.340 e. The zero-order valence-electron chi connectivity index (χ0n) is 25.4. The summed E-state index contributed by atoms with van der Waals surface area (Å²) in [4.78, 5) is 24.9. The van der Waals surface area contributed by atoms with E-state index in [1.165, 1.54) is 6.07 Å². The van der Waals surface area contributed by atoms with Crippen LogP contribution in [0.1, 0.15) is 92.5 Å². The van der Waals surface area contributed by atoms with Crippen molar-refractivity contribution in [3.05, 3.63) is 35.5 Å². The molecule has 3 rings (SSSR count). The smallest absolute Gasteiger partial charge is 0.340 e. The lowest BCUT2D eigenvalue weighted by atomic mass is 9.82. The number of piperidine rings is 1. The fourth-order valence-electron chi connectivity index (χ4n) is 4.70. The number of carbonyl (C=O) groups excluding carboxylic acids is 1. The lowest BCUT2D eigenvalue weighted by Crippen LogP contribution is -2.39. The second kappa shape index (κ2) is 12.2. The number of esters is 1. The topological polar surface area (TPSA) is 76.6 Å². The van der Waals surface area contributed by atoms with Gasteiger partial charge in [0.25, 0.3) is 0 Å². The Morgan fingerprint density at radius 2 is 1.77 bits per heavy atom. The van der Waals surface area contributed by atoms with Gasteiger partial charge >= 0.3 is 5.97 Å². The molecule has 1 fully saturated rings. The van der Waals surface area contributed by atoms with Crippen LogP contribution in [0.25, 0.3) is 11.1 Å². The number of hydrogen-bond donors (Lipinski definition) is 1. The minimum atomic E-state index is -0.991. The second-order valence-corrected chi connectivity index (χ2v) is 13.1. The molecule has 0 saturated carbocycles. The molecule has 1 atom stereocenters. The second-order valence-electron chi connectivity index (χ2n) is 13.1. The van der Waals surface area contributed by atoms with Crippen LogP contribution in [0, 0.1) is 24.1 Å². The van der Waals surface area contributed by atoms with Gasteiger partial charge in [0.05, 0.1) is 17.4 Å². The first-order chi connectivity index (χ1) is 18.1. The van der Waals surface area contributed by atoms with Crippen molar-refractivity contribution in [2.24, 2.45) is 11.3 Å². The summed E-state index contributed by atoms with van der Waals surface area (Å²) < 4.78 is 27.3. The molecule has 0 radical (unpaired) electrons. The van der Waals surface area contributed by atoms with Crippen LogP contribution in [-0.2, 0) is 14.3 Å². The standard InChI is InChI=1S/C31H47FN4O3/c1-19(2)16-34-28-24(32)15-22(17-35-28)23-18-33-21(5)25(26(23)36-13-11-31(9,10)12-14-36)27(39-30(6,7)8)29(37)38-20(3)4/h15,17-20,27H,11-14,16H2,1-10H3,(H,34,35). The van der Waals surface area contributed by atoms with Crippen molar-refractivity contribution in [1.82, 2.24) is 9.97 Å². The monoisotopic (exact) mass is 542 g/mol. The summed E-state index contributed by atoms with van der Waals surface area (Å²) in [5.41, 5.74) is 3.08. The molecule has 0 bridgehead atoms. The number of nitrogens with one attached hydrogen (secondary N) is 1. The van der Waals surface area contributed by atoms with E-state index in [4.69, 9.17) is 9.47 Å². The number of hydrogen-bond acceptors (Lipinski definition) is 7. The molecule has 8 heteroatoms. The van der Waals surface area contributed by atoms with Gasteiger partial charge in [-0.2, -0.15) is 0 Å². The Labute approximate surface area is 233 Å². The third-order valence-electron chi connectivity index (χ3n) is 6.85. The van der Waals surface area contributed by atoms with E-state index in [1.807, 2.05) is 41.5 Å². The molecule has 1 aliphatic rings. The molecule has 2 aromatic rings. The van der Waals surface area contributed by atoms with Gasteiger partial charge in [0.15, 0.2) is 17.7 Å². The fourth-order valence-corrected chi connectivity index (χ4v) is 4.70. The zero-order chi connectivity index (χ0) is 29.1. The van der Waals surface area contributed by atoms with Crippen molar-refractivity contribution in [1.29, 1.82) is 0 Å². The van der Waals surface area contributed by atoms with Gasteiger partial charge in [-0.3, -0.25) is 4.98 Å². The Hall–Kier alpha value is -2.74. The number of pyridine rings is 2. The quantitative estimate of drug-likeness (QED) is 0.339. The van der Waals surface area contributed by atoms with Crippen molar-refractivity contribution in [2.75, 3.05) is 29.9 Å². The Bertz CT molecular complexity index is 1150. The fraction of sp³-hybridized carbons (Fsp3) is 0.645. The van der Waals surface area contributed by atoms with Gasteiger partial charge in [0.2, 0.25) is 0 Å². The molecule has 7 nitrogen and oxygen atoms in total. The van der Waals surface area contributed by atoms with E-state index < -0.39 is 23.5 Å². The van der Waals surface area contributed by atoms with Crippen molar-refractivity contribution >= 4 is 17.5 Å². The van der Waals surface area contributed by atoms with Crippen LogP contribution in [0.5, 0.6) is 0 Å². The Morgan fingerprint density at radius 1 is 1.13 bits per heavy atom. The molecule has 0 amide bonds. The lowest BCUT2D eigenvalue weighted by Gasteiger charge is -2.41. The molecule has 1 saturated heterocycles. The summed E-state index contributed by atoms with van der Waals surface area (Å²) in [6, 6.07) is 1.50. The first-order valence-electron chi connectivity index (χ1n) is 14.1. The van der Waals surface area contributed by atoms with Crippen LogP contribution < -0.4 is 10.2 Å². The minimum absolute atomic E-state index is 0.216. The van der Waals surface area contributed by atoms with E-state index in [0.717, 1.165) is 37.2 Å². The number of rotatable bonds is 9. The lowest BCUT2D eigenvalue weighted by molar-refractivity contribution is -0.171. The number of aryl methyl sites for hydroxylation is 1. The highest BCUT2D eigenvalue weighted by molar-refractivity contribution is 5.87. The van der Waals surface area contributed by atoms with Gasteiger partial charge in [-0.05, 0) is 71.8 Å². The van der Waals surface area contributed by atoms with E-state index in [-0.39, 0.29) is 17.3 Å². The number of ether oxygens (including phenoxy) is 2. The molecule has 1 N–H and O–H groups in total. The van der Waals surface area contributed by atoms with Crippen LogP contribution >= 0.6 is 0 Å². The number of nitrogens with zero attached hydrogens (tertiary/aromatic N) is 3. The third-order valence-corrected chi connectivity index (χ3v) is 6.85. The summed E-state index contributed by atoms with van der Waals surface area (Å²) >= 11 is 0. The molecule has 0 spiro atoms. The van der Waals surface area contributed by atoms with Crippen LogP contribution in [0.3, 0.4) is 0 Å². The van der Waals surface area contributed by atoms with Crippen molar-refractivity contribution in [3.8, 4) is 11.1 Å². The number of halogens is 1. The van der Waals surface area contributed by atoms with Gasteiger partial charge in [-0.1, -0.05) is 27.7 Å². The predicted octanol–water partition coefficient (Wildman–Crippen LogP) is 7.09. The molecule has 1 unspecified atom stereocenters. The van der Waals surface area contributed by atoms with E-state index in [2.05, 4.69) is 47.9 Å². The summed E-state index contributed by atoms with van der Waals surface area (Å²) in [7, 11) is 0. The van der Waals surface area contributed by atoms with E-state index in [0.29, 0.717) is 29.3 Å². The predicted molar refractivity (Wildman–Crippen MR) is 156 cm³/mol. The van der Waals surface area contributed by atoms with Crippen molar-refractivity contribution in [3.63, 3.8) is 0 Å². The van der Waals surface area contributed by atoms with Gasteiger partial charge in [-0.25, -0.2) is 14.2 Å². The van der Waals surface area contributed by atoms with Gasteiger partial charge < -0.3 is 19.7 Å². The highest BCUT2D eigenvalue weighted by Gasteiger charge is 2.37. The first-order valence-corrected chi connectivity index (χ1v) is 14.1. The molecule has 3 heterocycles. The van der Waals surface area contributed by atoms with Crippen LogP contribution in [0.15, 0.2) is 18.5 Å². The van der Waals surface area contributed by atoms with Crippen LogP contribution in [0.2, 0.25) is 0 Å². The highest BCUT2D eigenvalue weighted by Crippen LogP contribution is 2.44. The van der Waals surface area contributed by atoms with Gasteiger partial charge in [-0.15, -0.1) is 0 Å². The molecular formula is C31H47FN4O3. The third kappa shape index (κ3) is 8.13. The molecule has 39 heavy (non-hydrogen) atoms. The molecule has 1 aliphatic heterocycles. The Morgan fingerprint density at radius 3 is 2.31 bits per heavy atom. The SMILES string of the molecule is Cc1ncc(-c2cnc(NCC(C)C)c(F)c2)c(N2CCC(C)(C)CC2)c1C(OC(C)(C)C)C(=O)OC(C)C. The Kier molecular flexibility index (Phi) is 9.63. The summed E-state index contributed by atoms with van der Waals surface area (Å²) in [5.74, 6) is -0.306. The minimum Gasteiger partial charge on any atom is -0.461 e. The average molecular weight is 543 g/mol. The van der Waals surface area contributed by atoms with E-state index >= 15 is 4.39 Å². The van der Waals surface area contributed by atoms with Crippen molar-refractivity contribution < 1.29 is 18.7 Å². The maximum absolute atomic E-state index is 15.2. The van der Waals surface area contributed by atoms with Gasteiger partial charge in [0, 0.05) is 54.4 Å². The molecule has 216 valence electrons. The van der Waals surface area contributed by atoms with E-state index in [1.54, 1.807) is 12.4 Å². The number of carbonyl (C=O) groups is 1. The maximum atomic E-state index is 15.2. The van der Waals surface area contributed by atoms with Crippen molar-refractivity contribution in [2.45, 2.75) is 99.9 Å². The molecule has 0 aliphatic carbocycles. The normalized spacial score (nSPS) is 16.5. The van der Waals surface area contributed by atoms with Crippen LogP contribution in [0.4, 0.5) is 15.9 Å². The van der Waals surface area contributed by atoms with Crippen LogP contribution in [-0.4, -0.2) is 47.3 Å². The van der Waals surface area contributed by atoms with Gasteiger partial charge in [0.1, 0.15) is 0 Å². The molecule has 0 aromatic carbocycles. The summed E-state index contributed by atoms with van der Waals surface area (Å²) in [6.07, 6.45) is 4.11. The largest absolute Gasteiger partial charge is 0.461 e. The number of anilines is 2. The Balaban J connectivity index is 2.21. The average Bonchev–Trinajstić information content (AvgIpc) is 2.81. The molecular weight excluding hydrogens is 495 g/mol. The summed E-state index contributed by atoms with van der Waals surface area (Å²) in [5, 5.41) is 3.08. The summed E-state index contributed by atoms with van der Waals surface area (Å²) in [6.45, 7) is 22.2. The van der Waals surface area contributed by atoms with E-state index in [9.17, 15) is 4.79 Å².